The minimum Gasteiger partial charge on any atom is -0.357 e. The van der Waals surface area contributed by atoms with Crippen LogP contribution in [0.25, 0.3) is 0 Å². The molecule has 19 heavy (non-hydrogen) atoms. The van der Waals surface area contributed by atoms with Crippen molar-refractivity contribution in [1.82, 2.24) is 20.2 Å². The van der Waals surface area contributed by atoms with Crippen molar-refractivity contribution in [3.63, 3.8) is 0 Å². The Morgan fingerprint density at radius 3 is 3.05 bits per heavy atom. The zero-order chi connectivity index (χ0) is 13.8. The van der Waals surface area contributed by atoms with Crippen molar-refractivity contribution >= 4 is 11.8 Å². The highest BCUT2D eigenvalue weighted by Gasteiger charge is 2.35. The van der Waals surface area contributed by atoms with Gasteiger partial charge in [0.15, 0.2) is 0 Å². The van der Waals surface area contributed by atoms with Gasteiger partial charge in [-0.1, -0.05) is 6.92 Å². The van der Waals surface area contributed by atoms with Crippen LogP contribution in [0.1, 0.15) is 25.5 Å². The molecule has 6 heteroatoms. The number of carbonyl (C=O) groups excluding carboxylic acids is 2. The van der Waals surface area contributed by atoms with E-state index in [0.29, 0.717) is 13.0 Å². The third-order valence-corrected chi connectivity index (χ3v) is 3.59. The number of hydrogen-bond donors (Lipinski definition) is 2. The Labute approximate surface area is 112 Å². The van der Waals surface area contributed by atoms with Crippen LogP contribution in [-0.2, 0) is 16.0 Å². The molecule has 1 saturated heterocycles. The second-order valence-corrected chi connectivity index (χ2v) is 4.99. The van der Waals surface area contributed by atoms with Gasteiger partial charge in [0.2, 0.25) is 11.8 Å². The maximum Gasteiger partial charge on any atom is 0.242 e. The maximum absolute atomic E-state index is 12.4. The summed E-state index contributed by atoms with van der Waals surface area (Å²) in [5, 5.41) is 2.63. The second-order valence-electron chi connectivity index (χ2n) is 4.99. The summed E-state index contributed by atoms with van der Waals surface area (Å²) < 4.78 is 0. The molecule has 0 aromatic carbocycles. The van der Waals surface area contributed by atoms with Gasteiger partial charge in [-0.15, -0.1) is 0 Å². The first kappa shape index (κ1) is 13.6. The van der Waals surface area contributed by atoms with Crippen molar-refractivity contribution in [3.8, 4) is 0 Å². The van der Waals surface area contributed by atoms with Crippen molar-refractivity contribution < 1.29 is 9.59 Å². The molecule has 2 atom stereocenters. The number of likely N-dealkylation sites (N-methyl/N-ethyl adjacent to an activating group) is 1. The van der Waals surface area contributed by atoms with Gasteiger partial charge in [-0.25, -0.2) is 4.98 Å². The van der Waals surface area contributed by atoms with Crippen LogP contribution in [0.15, 0.2) is 12.5 Å². The van der Waals surface area contributed by atoms with Crippen LogP contribution in [0, 0.1) is 5.92 Å². The quantitative estimate of drug-likeness (QED) is 0.822. The summed E-state index contributed by atoms with van der Waals surface area (Å²) in [5.41, 5.74) is 0.941. The molecule has 1 aromatic heterocycles. The molecular weight excluding hydrogens is 244 g/mol. The zero-order valence-electron chi connectivity index (χ0n) is 11.3. The largest absolute Gasteiger partial charge is 0.357 e. The Morgan fingerprint density at radius 2 is 2.42 bits per heavy atom. The Kier molecular flexibility index (Phi) is 4.19. The Morgan fingerprint density at radius 1 is 1.63 bits per heavy atom. The van der Waals surface area contributed by atoms with E-state index in [-0.39, 0.29) is 23.8 Å². The van der Waals surface area contributed by atoms with Gasteiger partial charge in [0, 0.05) is 37.8 Å². The molecule has 0 aliphatic carbocycles. The lowest BCUT2D eigenvalue weighted by Gasteiger charge is -2.26. The third kappa shape index (κ3) is 2.94. The average molecular weight is 264 g/mol. The van der Waals surface area contributed by atoms with Crippen molar-refractivity contribution in [2.45, 2.75) is 32.2 Å². The number of nitrogens with one attached hydrogen (secondary N) is 2. The number of amides is 2. The van der Waals surface area contributed by atoms with Crippen LogP contribution in [0.4, 0.5) is 0 Å². The van der Waals surface area contributed by atoms with Crippen molar-refractivity contribution in [3.05, 3.63) is 18.2 Å². The minimum absolute atomic E-state index is 0.0423. The van der Waals surface area contributed by atoms with Gasteiger partial charge in [0.25, 0.3) is 0 Å². The van der Waals surface area contributed by atoms with Crippen LogP contribution < -0.4 is 5.32 Å². The number of aromatic amines is 1. The Balaban J connectivity index is 2.00. The molecule has 6 nitrogen and oxygen atoms in total. The number of hydrogen-bond acceptors (Lipinski definition) is 3. The predicted molar refractivity (Wildman–Crippen MR) is 70.3 cm³/mol. The fourth-order valence-corrected chi connectivity index (χ4v) is 2.57. The number of carbonyl (C=O) groups is 2. The van der Waals surface area contributed by atoms with Gasteiger partial charge in [-0.2, -0.15) is 0 Å². The van der Waals surface area contributed by atoms with Gasteiger partial charge in [0.1, 0.15) is 6.04 Å². The number of likely N-dealkylation sites (tertiary alicyclic amines) is 1. The molecule has 2 rings (SSSR count). The number of aromatic nitrogens is 2. The van der Waals surface area contributed by atoms with Crippen molar-refractivity contribution in [2.24, 2.45) is 5.92 Å². The summed E-state index contributed by atoms with van der Waals surface area (Å²) in [5.74, 6) is -0.175. The first-order valence-electron chi connectivity index (χ1n) is 6.62. The summed E-state index contributed by atoms with van der Waals surface area (Å²) in [7, 11) is 1.61. The number of imidazole rings is 1. The van der Waals surface area contributed by atoms with Crippen molar-refractivity contribution in [2.75, 3.05) is 13.6 Å². The molecular formula is C13H20N4O2. The maximum atomic E-state index is 12.4. The molecule has 0 radical (unpaired) electrons. The van der Waals surface area contributed by atoms with E-state index in [0.717, 1.165) is 18.5 Å². The molecule has 0 spiro atoms. The molecule has 2 heterocycles. The SMILES string of the molecule is CNC(=O)[C@@H]1CCCN1C(=O)C(C)Cc1cnc[nH]1. The van der Waals surface area contributed by atoms with Gasteiger partial charge in [-0.05, 0) is 12.8 Å². The van der Waals surface area contributed by atoms with Crippen LogP contribution in [0.3, 0.4) is 0 Å². The van der Waals surface area contributed by atoms with Crippen LogP contribution >= 0.6 is 0 Å². The van der Waals surface area contributed by atoms with Crippen LogP contribution in [0.2, 0.25) is 0 Å². The predicted octanol–water partition coefficient (Wildman–Crippen LogP) is 0.325. The fourth-order valence-electron chi connectivity index (χ4n) is 2.57. The lowest BCUT2D eigenvalue weighted by atomic mass is 10.0. The average Bonchev–Trinajstić information content (AvgIpc) is 3.07. The number of H-pyrrole nitrogens is 1. The van der Waals surface area contributed by atoms with Crippen LogP contribution in [-0.4, -0.2) is 46.3 Å². The first-order chi connectivity index (χ1) is 9.13. The molecule has 1 aliphatic heterocycles. The third-order valence-electron chi connectivity index (χ3n) is 3.59. The molecule has 1 aliphatic rings. The summed E-state index contributed by atoms with van der Waals surface area (Å²) in [4.78, 5) is 32.8. The summed E-state index contributed by atoms with van der Waals surface area (Å²) in [6.45, 7) is 2.56. The highest BCUT2D eigenvalue weighted by atomic mass is 16.2. The van der Waals surface area contributed by atoms with E-state index < -0.39 is 0 Å². The van der Waals surface area contributed by atoms with Gasteiger partial charge in [-0.3, -0.25) is 9.59 Å². The molecule has 0 saturated carbocycles. The monoisotopic (exact) mass is 264 g/mol. The van der Waals surface area contributed by atoms with E-state index >= 15 is 0 Å². The Hall–Kier alpha value is -1.85. The van der Waals surface area contributed by atoms with E-state index in [1.165, 1.54) is 0 Å². The fraction of sp³-hybridized carbons (Fsp3) is 0.615. The lowest BCUT2D eigenvalue weighted by Crippen LogP contribution is -2.46. The molecule has 104 valence electrons. The Bertz CT molecular complexity index is 444. The van der Waals surface area contributed by atoms with E-state index in [2.05, 4.69) is 15.3 Å². The summed E-state index contributed by atoms with van der Waals surface area (Å²) in [6, 6.07) is -0.304. The smallest absolute Gasteiger partial charge is 0.242 e. The second kappa shape index (κ2) is 5.86. The molecule has 2 N–H and O–H groups in total. The topological polar surface area (TPSA) is 78.1 Å². The van der Waals surface area contributed by atoms with Crippen molar-refractivity contribution in [1.29, 1.82) is 0 Å². The van der Waals surface area contributed by atoms with E-state index in [9.17, 15) is 9.59 Å². The molecule has 2 amide bonds. The van der Waals surface area contributed by atoms with Gasteiger partial charge < -0.3 is 15.2 Å². The number of rotatable bonds is 4. The van der Waals surface area contributed by atoms with E-state index in [4.69, 9.17) is 0 Å². The highest BCUT2D eigenvalue weighted by molar-refractivity contribution is 5.88. The lowest BCUT2D eigenvalue weighted by molar-refractivity contribution is -0.141. The van der Waals surface area contributed by atoms with Crippen LogP contribution in [0.5, 0.6) is 0 Å². The molecule has 1 aromatic rings. The van der Waals surface area contributed by atoms with E-state index in [1.54, 1.807) is 24.5 Å². The zero-order valence-corrected chi connectivity index (χ0v) is 11.3. The number of nitrogens with zero attached hydrogens (tertiary/aromatic N) is 2. The molecule has 1 fully saturated rings. The normalized spacial score (nSPS) is 20.3. The molecule has 0 bridgehead atoms. The van der Waals surface area contributed by atoms with Gasteiger partial charge in [0.05, 0.1) is 6.33 Å². The first-order valence-corrected chi connectivity index (χ1v) is 6.62. The van der Waals surface area contributed by atoms with E-state index in [1.807, 2.05) is 6.92 Å². The van der Waals surface area contributed by atoms with Gasteiger partial charge >= 0.3 is 0 Å². The summed E-state index contributed by atoms with van der Waals surface area (Å²) >= 11 is 0. The standard InChI is InChI=1S/C13H20N4O2/c1-9(6-10-7-15-8-16-10)13(19)17-5-3-4-11(17)12(18)14-2/h7-9,11H,3-6H2,1-2H3,(H,14,18)(H,15,16)/t9?,11-/m0/s1. The summed E-state index contributed by atoms with van der Waals surface area (Å²) in [6.07, 6.45) is 5.60. The highest BCUT2D eigenvalue weighted by Crippen LogP contribution is 2.21. The molecule has 1 unspecified atom stereocenters. The minimum atomic E-state index is -0.304.